The predicted octanol–water partition coefficient (Wildman–Crippen LogP) is 1.16. The molecule has 2 aromatic rings. The van der Waals surface area contributed by atoms with Crippen LogP contribution >= 0.6 is 0 Å². The van der Waals surface area contributed by atoms with Crippen LogP contribution in [0.25, 0.3) is 0 Å². The van der Waals surface area contributed by atoms with Gasteiger partial charge in [-0.2, -0.15) is 0 Å². The number of aromatic nitrogens is 3. The van der Waals surface area contributed by atoms with Crippen molar-refractivity contribution in [3.05, 3.63) is 42.2 Å². The van der Waals surface area contributed by atoms with Crippen molar-refractivity contribution in [2.24, 2.45) is 0 Å². The van der Waals surface area contributed by atoms with Crippen LogP contribution in [0, 0.1) is 0 Å². The largest absolute Gasteiger partial charge is 0.384 e. The molecule has 0 spiro atoms. The van der Waals surface area contributed by atoms with E-state index in [1.807, 2.05) is 6.07 Å². The highest BCUT2D eigenvalue weighted by Crippen LogP contribution is 2.09. The molecule has 0 aliphatic rings. The molecule has 2 aromatic heterocycles. The summed E-state index contributed by atoms with van der Waals surface area (Å²) < 4.78 is 0. The van der Waals surface area contributed by atoms with Crippen LogP contribution in [0.3, 0.4) is 0 Å². The van der Waals surface area contributed by atoms with Gasteiger partial charge in [0.2, 0.25) is 0 Å². The van der Waals surface area contributed by atoms with E-state index in [4.69, 9.17) is 0 Å². The zero-order valence-electron chi connectivity index (χ0n) is 11.1. The molecule has 0 aromatic carbocycles. The summed E-state index contributed by atoms with van der Waals surface area (Å²) in [6.45, 7) is 0.743. The van der Waals surface area contributed by atoms with Gasteiger partial charge in [0.05, 0.1) is 0 Å². The summed E-state index contributed by atoms with van der Waals surface area (Å²) in [5.41, 5.74) is 1.32. The number of imidazole rings is 1. The molecule has 6 heteroatoms. The lowest BCUT2D eigenvalue weighted by Gasteiger charge is -2.11. The van der Waals surface area contributed by atoms with Gasteiger partial charge in [0.15, 0.2) is 0 Å². The Morgan fingerprint density at radius 2 is 2.21 bits per heavy atom. The smallest absolute Gasteiger partial charge is 0.272 e. The van der Waals surface area contributed by atoms with E-state index < -0.39 is 0 Å². The number of aromatic amines is 1. The third-order valence-electron chi connectivity index (χ3n) is 2.63. The minimum absolute atomic E-state index is 0.102. The van der Waals surface area contributed by atoms with Crippen LogP contribution in [0.15, 0.2) is 30.7 Å². The van der Waals surface area contributed by atoms with E-state index in [2.05, 4.69) is 20.3 Å². The summed E-state index contributed by atoms with van der Waals surface area (Å²) in [6.07, 6.45) is 5.96. The number of nitrogens with one attached hydrogen (secondary N) is 2. The fourth-order valence-corrected chi connectivity index (χ4v) is 1.65. The van der Waals surface area contributed by atoms with Gasteiger partial charge < -0.3 is 15.2 Å². The van der Waals surface area contributed by atoms with Gasteiger partial charge in [-0.05, 0) is 12.1 Å². The van der Waals surface area contributed by atoms with Crippen LogP contribution in [0.1, 0.15) is 16.3 Å². The minimum Gasteiger partial charge on any atom is -0.384 e. The molecule has 2 heterocycles. The standard InChI is InChI=1S/C13H17N5O/c1-18(2)13(19)11-9-10(3-5-15-11)14-6-4-12-16-7-8-17-12/h3,5,7-9H,4,6H2,1-2H3,(H,14,15)(H,16,17). The number of amides is 1. The van der Waals surface area contributed by atoms with Crippen molar-refractivity contribution in [2.45, 2.75) is 6.42 Å². The number of nitrogens with zero attached hydrogens (tertiary/aromatic N) is 3. The van der Waals surface area contributed by atoms with Crippen LogP contribution < -0.4 is 5.32 Å². The van der Waals surface area contributed by atoms with Crippen molar-refractivity contribution >= 4 is 11.6 Å². The van der Waals surface area contributed by atoms with Gasteiger partial charge in [-0.3, -0.25) is 9.78 Å². The summed E-state index contributed by atoms with van der Waals surface area (Å²) in [5, 5.41) is 3.25. The number of carbonyl (C=O) groups excluding carboxylic acids is 1. The Hall–Kier alpha value is -2.37. The molecule has 0 bridgehead atoms. The zero-order chi connectivity index (χ0) is 13.7. The van der Waals surface area contributed by atoms with Crippen LogP contribution in [0.2, 0.25) is 0 Å². The zero-order valence-corrected chi connectivity index (χ0v) is 11.1. The van der Waals surface area contributed by atoms with Crippen LogP contribution in [-0.2, 0) is 6.42 Å². The second-order valence-electron chi connectivity index (χ2n) is 4.34. The van der Waals surface area contributed by atoms with E-state index in [1.165, 1.54) is 4.90 Å². The second-order valence-corrected chi connectivity index (χ2v) is 4.34. The maximum atomic E-state index is 11.8. The SMILES string of the molecule is CN(C)C(=O)c1cc(NCCc2ncc[nH]2)ccn1. The fourth-order valence-electron chi connectivity index (χ4n) is 1.65. The van der Waals surface area contributed by atoms with Crippen molar-refractivity contribution in [3.63, 3.8) is 0 Å². The van der Waals surface area contributed by atoms with Crippen molar-refractivity contribution in [1.82, 2.24) is 19.9 Å². The minimum atomic E-state index is -0.102. The van der Waals surface area contributed by atoms with Gasteiger partial charge in [0, 0.05) is 51.3 Å². The van der Waals surface area contributed by atoms with Crippen LogP contribution in [-0.4, -0.2) is 46.4 Å². The monoisotopic (exact) mass is 259 g/mol. The van der Waals surface area contributed by atoms with Gasteiger partial charge >= 0.3 is 0 Å². The highest BCUT2D eigenvalue weighted by molar-refractivity contribution is 5.92. The molecule has 0 aliphatic carbocycles. The number of rotatable bonds is 5. The van der Waals surface area contributed by atoms with E-state index in [0.29, 0.717) is 5.69 Å². The van der Waals surface area contributed by atoms with E-state index >= 15 is 0 Å². The normalized spacial score (nSPS) is 10.2. The molecule has 100 valence electrons. The van der Waals surface area contributed by atoms with Gasteiger partial charge in [-0.1, -0.05) is 0 Å². The van der Waals surface area contributed by atoms with E-state index in [1.54, 1.807) is 38.8 Å². The number of hydrogen-bond acceptors (Lipinski definition) is 4. The fraction of sp³-hybridized carbons (Fsp3) is 0.308. The molecule has 0 aliphatic heterocycles. The third-order valence-corrected chi connectivity index (χ3v) is 2.63. The average Bonchev–Trinajstić information content (AvgIpc) is 2.91. The quantitative estimate of drug-likeness (QED) is 0.845. The van der Waals surface area contributed by atoms with Crippen molar-refractivity contribution in [3.8, 4) is 0 Å². The number of pyridine rings is 1. The number of anilines is 1. The van der Waals surface area contributed by atoms with Crippen LogP contribution in [0.5, 0.6) is 0 Å². The molecule has 0 radical (unpaired) electrons. The molecular formula is C13H17N5O. The summed E-state index contributed by atoms with van der Waals surface area (Å²) in [6, 6.07) is 3.60. The Bertz CT molecular complexity index is 536. The first kappa shape index (κ1) is 13.1. The van der Waals surface area contributed by atoms with Crippen molar-refractivity contribution < 1.29 is 4.79 Å². The highest BCUT2D eigenvalue weighted by atomic mass is 16.2. The molecule has 0 fully saturated rings. The molecule has 0 saturated carbocycles. The first-order valence-corrected chi connectivity index (χ1v) is 6.06. The molecule has 1 amide bonds. The Labute approximate surface area is 111 Å². The molecule has 0 saturated heterocycles. The molecular weight excluding hydrogens is 242 g/mol. The number of H-pyrrole nitrogens is 1. The molecule has 0 unspecified atom stereocenters. The lowest BCUT2D eigenvalue weighted by molar-refractivity contribution is 0.0822. The van der Waals surface area contributed by atoms with E-state index in [-0.39, 0.29) is 5.91 Å². The predicted molar refractivity (Wildman–Crippen MR) is 73.0 cm³/mol. The Morgan fingerprint density at radius 1 is 1.37 bits per heavy atom. The Kier molecular flexibility index (Phi) is 4.12. The molecule has 19 heavy (non-hydrogen) atoms. The third kappa shape index (κ3) is 3.54. The topological polar surface area (TPSA) is 73.9 Å². The number of hydrogen-bond donors (Lipinski definition) is 2. The summed E-state index contributed by atoms with van der Waals surface area (Å²) in [7, 11) is 3.42. The van der Waals surface area contributed by atoms with E-state index in [9.17, 15) is 4.79 Å². The lowest BCUT2D eigenvalue weighted by atomic mass is 10.3. The molecule has 2 N–H and O–H groups in total. The van der Waals surface area contributed by atoms with E-state index in [0.717, 1.165) is 24.5 Å². The highest BCUT2D eigenvalue weighted by Gasteiger charge is 2.09. The first-order chi connectivity index (χ1) is 9.16. The molecule has 6 nitrogen and oxygen atoms in total. The van der Waals surface area contributed by atoms with Crippen molar-refractivity contribution in [1.29, 1.82) is 0 Å². The van der Waals surface area contributed by atoms with Crippen LogP contribution in [0.4, 0.5) is 5.69 Å². The van der Waals surface area contributed by atoms with Crippen molar-refractivity contribution in [2.75, 3.05) is 26.0 Å². The number of carbonyl (C=O) groups is 1. The lowest BCUT2D eigenvalue weighted by Crippen LogP contribution is -2.22. The average molecular weight is 259 g/mol. The maximum absolute atomic E-state index is 11.8. The van der Waals surface area contributed by atoms with Gasteiger partial charge in [0.25, 0.3) is 5.91 Å². The second kappa shape index (κ2) is 5.99. The summed E-state index contributed by atoms with van der Waals surface area (Å²) in [4.78, 5) is 24.5. The molecule has 2 rings (SSSR count). The maximum Gasteiger partial charge on any atom is 0.272 e. The van der Waals surface area contributed by atoms with Gasteiger partial charge in [-0.25, -0.2) is 4.98 Å². The van der Waals surface area contributed by atoms with Gasteiger partial charge in [-0.15, -0.1) is 0 Å². The summed E-state index contributed by atoms with van der Waals surface area (Å²) in [5.74, 6) is 0.834. The first-order valence-electron chi connectivity index (χ1n) is 6.06. The summed E-state index contributed by atoms with van der Waals surface area (Å²) >= 11 is 0. The Morgan fingerprint density at radius 3 is 2.89 bits per heavy atom. The molecule has 0 atom stereocenters. The van der Waals surface area contributed by atoms with Gasteiger partial charge in [0.1, 0.15) is 11.5 Å². The Balaban J connectivity index is 1.93.